The number of benzene rings is 1. The van der Waals surface area contributed by atoms with E-state index in [0.29, 0.717) is 18.6 Å². The Hall–Kier alpha value is -1.79. The van der Waals surface area contributed by atoms with Crippen LogP contribution >= 0.6 is 0 Å². The number of nitrogens with one attached hydrogen (secondary N) is 2. The summed E-state index contributed by atoms with van der Waals surface area (Å²) in [7, 11) is 1.78. The molecule has 1 fully saturated rings. The van der Waals surface area contributed by atoms with Crippen LogP contribution in [0.25, 0.3) is 0 Å². The van der Waals surface area contributed by atoms with Gasteiger partial charge in [-0.15, -0.1) is 0 Å². The second-order valence-corrected chi connectivity index (χ2v) is 8.13. The molecular weight excluding hydrogens is 376 g/mol. The molecule has 0 bridgehead atoms. The lowest BCUT2D eigenvalue weighted by atomic mass is 9.67. The van der Waals surface area contributed by atoms with Crippen LogP contribution in [0.1, 0.15) is 52.0 Å². The lowest BCUT2D eigenvalue weighted by Gasteiger charge is -2.42. The lowest BCUT2D eigenvalue weighted by Crippen LogP contribution is -2.46. The summed E-state index contributed by atoms with van der Waals surface area (Å²) in [6, 6.07) is 8.23. The molecule has 0 aromatic heterocycles. The molecule has 0 heterocycles. The molecule has 0 unspecified atom stereocenters. The molecule has 2 rings (SSSR count). The predicted octanol–water partition coefficient (Wildman–Crippen LogP) is 3.67. The number of nitrogens with zero attached hydrogens (tertiary/aromatic N) is 2. The summed E-state index contributed by atoms with van der Waals surface area (Å²) in [6.07, 6.45) is 4.97. The van der Waals surface area contributed by atoms with Gasteiger partial charge in [-0.3, -0.25) is 0 Å². The number of likely N-dealkylation sites (N-methyl/N-ethyl adjacent to an activating group) is 1. The monoisotopic (exact) mass is 418 g/mol. The average Bonchev–Trinajstić information content (AvgIpc) is 2.74. The fourth-order valence-corrected chi connectivity index (χ4v) is 3.89. The van der Waals surface area contributed by atoms with E-state index in [4.69, 9.17) is 14.5 Å². The van der Waals surface area contributed by atoms with Gasteiger partial charge in [-0.25, -0.2) is 4.99 Å². The highest BCUT2D eigenvalue weighted by Gasteiger charge is 2.36. The molecule has 30 heavy (non-hydrogen) atoms. The molecule has 6 nitrogen and oxygen atoms in total. The molecule has 1 saturated carbocycles. The summed E-state index contributed by atoms with van der Waals surface area (Å²) in [5.74, 6) is 1.80. The van der Waals surface area contributed by atoms with Gasteiger partial charge in [0.25, 0.3) is 0 Å². The molecule has 1 aliphatic carbocycles. The molecule has 2 N–H and O–H groups in total. The van der Waals surface area contributed by atoms with Gasteiger partial charge in [-0.2, -0.15) is 0 Å². The standard InChI is InChI=1S/C24H42N4O2/c1-5-25-23(27-20-24(13-10-14-24)15-17-29-4)26-19-21-11-8-9-12-22(21)30-18-16-28(6-2)7-3/h8-9,11-12H,5-7,10,13-20H2,1-4H3,(H2,25,26,27). The Labute approximate surface area is 183 Å². The largest absolute Gasteiger partial charge is 0.492 e. The highest BCUT2D eigenvalue weighted by Crippen LogP contribution is 2.43. The van der Waals surface area contributed by atoms with Crippen LogP contribution in [0.4, 0.5) is 0 Å². The van der Waals surface area contributed by atoms with Gasteiger partial charge in [0.05, 0.1) is 6.54 Å². The second kappa shape index (κ2) is 13.5. The number of guanidine groups is 1. The number of para-hydroxylation sites is 1. The van der Waals surface area contributed by atoms with Crippen LogP contribution in [0.2, 0.25) is 0 Å². The lowest BCUT2D eigenvalue weighted by molar-refractivity contribution is 0.0732. The van der Waals surface area contributed by atoms with Crippen molar-refractivity contribution in [2.75, 3.05) is 53.0 Å². The molecule has 0 saturated heterocycles. The van der Waals surface area contributed by atoms with Gasteiger partial charge in [-0.1, -0.05) is 38.5 Å². The van der Waals surface area contributed by atoms with Gasteiger partial charge in [0.15, 0.2) is 5.96 Å². The Morgan fingerprint density at radius 2 is 1.87 bits per heavy atom. The second-order valence-electron chi connectivity index (χ2n) is 8.13. The van der Waals surface area contributed by atoms with Crippen LogP contribution in [0.15, 0.2) is 29.3 Å². The molecule has 0 atom stereocenters. The van der Waals surface area contributed by atoms with Gasteiger partial charge in [0.2, 0.25) is 0 Å². The number of hydrogen-bond donors (Lipinski definition) is 2. The fourth-order valence-electron chi connectivity index (χ4n) is 3.89. The average molecular weight is 419 g/mol. The van der Waals surface area contributed by atoms with E-state index in [1.807, 2.05) is 12.1 Å². The number of aliphatic imine (C=N–C) groups is 1. The third-order valence-corrected chi connectivity index (χ3v) is 6.17. The summed E-state index contributed by atoms with van der Waals surface area (Å²) in [5.41, 5.74) is 1.48. The minimum Gasteiger partial charge on any atom is -0.492 e. The van der Waals surface area contributed by atoms with Crippen molar-refractivity contribution in [3.05, 3.63) is 29.8 Å². The maximum atomic E-state index is 6.08. The fraction of sp³-hybridized carbons (Fsp3) is 0.708. The van der Waals surface area contributed by atoms with E-state index in [0.717, 1.165) is 63.0 Å². The third kappa shape index (κ3) is 7.80. The van der Waals surface area contributed by atoms with Crippen LogP contribution in [-0.4, -0.2) is 63.9 Å². The van der Waals surface area contributed by atoms with Gasteiger partial charge in [0, 0.05) is 38.9 Å². The smallest absolute Gasteiger partial charge is 0.191 e. The number of hydrogen-bond acceptors (Lipinski definition) is 4. The molecule has 1 aromatic rings. The van der Waals surface area contributed by atoms with Crippen LogP contribution in [0.5, 0.6) is 5.75 Å². The minimum atomic E-state index is 0.359. The number of rotatable bonds is 14. The molecule has 6 heteroatoms. The highest BCUT2D eigenvalue weighted by atomic mass is 16.5. The predicted molar refractivity (Wildman–Crippen MR) is 125 cm³/mol. The minimum absolute atomic E-state index is 0.359. The van der Waals surface area contributed by atoms with Crippen molar-refractivity contribution in [3.63, 3.8) is 0 Å². The maximum Gasteiger partial charge on any atom is 0.191 e. The molecule has 1 aromatic carbocycles. The van der Waals surface area contributed by atoms with Crippen molar-refractivity contribution in [2.24, 2.45) is 10.4 Å². The van der Waals surface area contributed by atoms with E-state index >= 15 is 0 Å². The molecule has 0 amide bonds. The van der Waals surface area contributed by atoms with Crippen LogP contribution < -0.4 is 15.4 Å². The van der Waals surface area contributed by atoms with Crippen molar-refractivity contribution >= 4 is 5.96 Å². The normalized spacial score (nSPS) is 15.7. The van der Waals surface area contributed by atoms with Crippen molar-refractivity contribution < 1.29 is 9.47 Å². The molecule has 0 radical (unpaired) electrons. The Balaban J connectivity index is 1.93. The van der Waals surface area contributed by atoms with E-state index in [-0.39, 0.29) is 0 Å². The van der Waals surface area contributed by atoms with Crippen molar-refractivity contribution in [1.29, 1.82) is 0 Å². The van der Waals surface area contributed by atoms with Gasteiger partial charge in [0.1, 0.15) is 12.4 Å². The zero-order valence-corrected chi connectivity index (χ0v) is 19.5. The van der Waals surface area contributed by atoms with Crippen molar-refractivity contribution in [1.82, 2.24) is 15.5 Å². The highest BCUT2D eigenvalue weighted by molar-refractivity contribution is 5.79. The first-order valence-corrected chi connectivity index (χ1v) is 11.6. The number of methoxy groups -OCH3 is 1. The zero-order valence-electron chi connectivity index (χ0n) is 19.5. The topological polar surface area (TPSA) is 58.1 Å². The summed E-state index contributed by atoms with van der Waals surface area (Å²) in [5, 5.41) is 6.95. The molecule has 0 spiro atoms. The van der Waals surface area contributed by atoms with E-state index in [1.165, 1.54) is 19.3 Å². The Morgan fingerprint density at radius 1 is 1.10 bits per heavy atom. The molecule has 0 aliphatic heterocycles. The van der Waals surface area contributed by atoms with E-state index in [1.54, 1.807) is 7.11 Å². The summed E-state index contributed by atoms with van der Waals surface area (Å²) >= 11 is 0. The van der Waals surface area contributed by atoms with Crippen molar-refractivity contribution in [3.8, 4) is 5.75 Å². The molecule has 170 valence electrons. The first kappa shape index (κ1) is 24.5. The first-order chi connectivity index (χ1) is 14.7. The Morgan fingerprint density at radius 3 is 2.50 bits per heavy atom. The number of ether oxygens (including phenoxy) is 2. The Bertz CT molecular complexity index is 627. The SMILES string of the molecule is CCNC(=NCc1ccccc1OCCN(CC)CC)NCC1(CCOC)CCC1. The van der Waals surface area contributed by atoms with Gasteiger partial charge < -0.3 is 25.0 Å². The summed E-state index contributed by atoms with van der Waals surface area (Å²) < 4.78 is 11.4. The third-order valence-electron chi connectivity index (χ3n) is 6.17. The van der Waals surface area contributed by atoms with Gasteiger partial charge >= 0.3 is 0 Å². The quantitative estimate of drug-likeness (QED) is 0.357. The van der Waals surface area contributed by atoms with E-state index < -0.39 is 0 Å². The van der Waals surface area contributed by atoms with E-state index in [9.17, 15) is 0 Å². The summed E-state index contributed by atoms with van der Waals surface area (Å²) in [4.78, 5) is 7.20. The van der Waals surface area contributed by atoms with Gasteiger partial charge in [-0.05, 0) is 50.8 Å². The van der Waals surface area contributed by atoms with E-state index in [2.05, 4.69) is 48.4 Å². The van der Waals surface area contributed by atoms with Crippen LogP contribution in [-0.2, 0) is 11.3 Å². The van der Waals surface area contributed by atoms with Crippen molar-refractivity contribution in [2.45, 2.75) is 53.0 Å². The maximum absolute atomic E-state index is 6.08. The Kier molecular flexibility index (Phi) is 11.0. The molecule has 1 aliphatic rings. The van der Waals surface area contributed by atoms with Crippen LogP contribution in [0.3, 0.4) is 0 Å². The summed E-state index contributed by atoms with van der Waals surface area (Å²) in [6.45, 7) is 13.4. The zero-order chi connectivity index (χ0) is 21.7. The van der Waals surface area contributed by atoms with Crippen LogP contribution in [0, 0.1) is 5.41 Å². The first-order valence-electron chi connectivity index (χ1n) is 11.6. The molecular formula is C24H42N4O2.